The van der Waals surface area contributed by atoms with E-state index in [-0.39, 0.29) is 11.8 Å². The first kappa shape index (κ1) is 11.2. The van der Waals surface area contributed by atoms with Crippen LogP contribution in [0.25, 0.3) is 0 Å². The summed E-state index contributed by atoms with van der Waals surface area (Å²) in [5.41, 5.74) is 0. The molecule has 1 aliphatic rings. The van der Waals surface area contributed by atoms with E-state index in [9.17, 15) is 4.79 Å². The third kappa shape index (κ3) is 2.44. The van der Waals surface area contributed by atoms with Crippen molar-refractivity contribution in [3.05, 3.63) is 23.7 Å². The Hall–Kier alpha value is -1.29. The number of carboxylic acids is 1. The Bertz CT molecular complexity index is 368. The first-order valence-electron chi connectivity index (χ1n) is 5.73. The van der Waals surface area contributed by atoms with Crippen LogP contribution < -0.4 is 5.32 Å². The van der Waals surface area contributed by atoms with Gasteiger partial charge in [-0.25, -0.2) is 4.79 Å². The van der Waals surface area contributed by atoms with Crippen LogP contribution in [0.1, 0.15) is 48.5 Å². The average molecular weight is 223 g/mol. The van der Waals surface area contributed by atoms with Crippen molar-refractivity contribution in [1.29, 1.82) is 0 Å². The largest absolute Gasteiger partial charge is 0.475 e. The number of hydrogen-bond acceptors (Lipinski definition) is 3. The number of rotatable bonds is 5. The maximum absolute atomic E-state index is 10.6. The summed E-state index contributed by atoms with van der Waals surface area (Å²) in [5.74, 6) is 0.470. The van der Waals surface area contributed by atoms with Gasteiger partial charge in [0, 0.05) is 0 Å². The summed E-state index contributed by atoms with van der Waals surface area (Å²) in [7, 11) is 0. The summed E-state index contributed by atoms with van der Waals surface area (Å²) in [4.78, 5) is 10.6. The van der Waals surface area contributed by atoms with E-state index in [4.69, 9.17) is 9.52 Å². The third-order valence-corrected chi connectivity index (χ3v) is 3.20. The molecule has 0 bridgehead atoms. The highest BCUT2D eigenvalue weighted by atomic mass is 16.4. The lowest BCUT2D eigenvalue weighted by Gasteiger charge is -2.26. The minimum Gasteiger partial charge on any atom is -0.475 e. The molecular weight excluding hydrogens is 206 g/mol. The highest BCUT2D eigenvalue weighted by Crippen LogP contribution is 2.26. The lowest BCUT2D eigenvalue weighted by molar-refractivity contribution is 0.0659. The molecule has 88 valence electrons. The molecule has 0 radical (unpaired) electrons. The van der Waals surface area contributed by atoms with E-state index in [1.54, 1.807) is 6.07 Å². The Morgan fingerprint density at radius 3 is 2.88 bits per heavy atom. The van der Waals surface area contributed by atoms with Gasteiger partial charge in [0.25, 0.3) is 0 Å². The number of aromatic carboxylic acids is 1. The minimum absolute atomic E-state index is 0.00675. The molecule has 4 nitrogen and oxygen atoms in total. The predicted octanol–water partition coefficient (Wildman–Crippen LogP) is 2.43. The molecule has 1 saturated carbocycles. The van der Waals surface area contributed by atoms with Gasteiger partial charge in [-0.3, -0.25) is 0 Å². The lowest BCUT2D eigenvalue weighted by Crippen LogP contribution is -2.29. The van der Waals surface area contributed by atoms with Crippen molar-refractivity contribution in [2.45, 2.75) is 32.2 Å². The smallest absolute Gasteiger partial charge is 0.371 e. The van der Waals surface area contributed by atoms with Crippen molar-refractivity contribution >= 4 is 5.97 Å². The summed E-state index contributed by atoms with van der Waals surface area (Å²) >= 11 is 0. The van der Waals surface area contributed by atoms with Crippen molar-refractivity contribution in [3.8, 4) is 0 Å². The van der Waals surface area contributed by atoms with E-state index < -0.39 is 5.97 Å². The second-order valence-corrected chi connectivity index (χ2v) is 4.43. The summed E-state index contributed by atoms with van der Waals surface area (Å²) in [6.07, 6.45) is 3.95. The molecule has 1 atom stereocenters. The van der Waals surface area contributed by atoms with Gasteiger partial charge in [0.1, 0.15) is 5.76 Å². The molecule has 1 aliphatic carbocycles. The third-order valence-electron chi connectivity index (χ3n) is 3.20. The number of nitrogens with one attached hydrogen (secondary N) is 1. The molecule has 4 heteroatoms. The maximum Gasteiger partial charge on any atom is 0.371 e. The number of hydrogen-bond donors (Lipinski definition) is 2. The molecule has 1 aromatic heterocycles. The van der Waals surface area contributed by atoms with Crippen molar-refractivity contribution in [2.75, 3.05) is 6.54 Å². The number of carbonyl (C=O) groups is 1. The Kier molecular flexibility index (Phi) is 3.29. The van der Waals surface area contributed by atoms with Gasteiger partial charge >= 0.3 is 5.97 Å². The van der Waals surface area contributed by atoms with Crippen LogP contribution in [0.3, 0.4) is 0 Å². The second kappa shape index (κ2) is 4.70. The molecule has 1 fully saturated rings. The van der Waals surface area contributed by atoms with Gasteiger partial charge in [0.05, 0.1) is 6.04 Å². The number of furan rings is 1. The van der Waals surface area contributed by atoms with Crippen LogP contribution in [0, 0.1) is 5.92 Å². The lowest BCUT2D eigenvalue weighted by atomic mass is 9.85. The average Bonchev–Trinajstić information content (AvgIpc) is 2.63. The zero-order valence-electron chi connectivity index (χ0n) is 9.40. The van der Waals surface area contributed by atoms with Gasteiger partial charge in [-0.2, -0.15) is 0 Å². The van der Waals surface area contributed by atoms with Crippen LogP contribution in [-0.2, 0) is 0 Å². The molecule has 1 aromatic rings. The topological polar surface area (TPSA) is 62.5 Å². The summed E-state index contributed by atoms with van der Waals surface area (Å²) < 4.78 is 5.23. The molecule has 16 heavy (non-hydrogen) atoms. The van der Waals surface area contributed by atoms with Crippen LogP contribution in [0.2, 0.25) is 0 Å². The highest BCUT2D eigenvalue weighted by molar-refractivity contribution is 5.84. The van der Waals surface area contributed by atoms with E-state index in [1.165, 1.54) is 25.3 Å². The second-order valence-electron chi connectivity index (χ2n) is 4.43. The van der Waals surface area contributed by atoms with Crippen LogP contribution >= 0.6 is 0 Å². The molecule has 0 aromatic carbocycles. The van der Waals surface area contributed by atoms with Crippen molar-refractivity contribution in [2.24, 2.45) is 5.92 Å². The van der Waals surface area contributed by atoms with Crippen LogP contribution in [-0.4, -0.2) is 17.6 Å². The molecular formula is C12H17NO3. The standard InChI is InChI=1S/C12H17NO3/c1-8(13-7-9-3-2-4-9)10-5-6-11(16-10)12(14)15/h5-6,8-9,13H,2-4,7H2,1H3,(H,14,15). The highest BCUT2D eigenvalue weighted by Gasteiger charge is 2.19. The zero-order chi connectivity index (χ0) is 11.5. The molecule has 1 unspecified atom stereocenters. The fraction of sp³-hybridized carbons (Fsp3) is 0.583. The molecule has 2 rings (SSSR count). The first-order valence-corrected chi connectivity index (χ1v) is 5.73. The van der Waals surface area contributed by atoms with Crippen molar-refractivity contribution in [1.82, 2.24) is 5.32 Å². The molecule has 2 N–H and O–H groups in total. The summed E-state index contributed by atoms with van der Waals surface area (Å²) in [6, 6.07) is 3.30. The SMILES string of the molecule is CC(NCC1CCC1)c1ccc(C(=O)O)o1. The van der Waals surface area contributed by atoms with Crippen LogP contribution in [0.5, 0.6) is 0 Å². The van der Waals surface area contributed by atoms with Gasteiger partial charge in [-0.15, -0.1) is 0 Å². The summed E-state index contributed by atoms with van der Waals surface area (Å²) in [5, 5.41) is 12.1. The fourth-order valence-corrected chi connectivity index (χ4v) is 1.84. The van der Waals surface area contributed by atoms with E-state index in [1.807, 2.05) is 6.92 Å². The fourth-order valence-electron chi connectivity index (χ4n) is 1.84. The molecule has 1 heterocycles. The first-order chi connectivity index (χ1) is 7.66. The van der Waals surface area contributed by atoms with Gasteiger partial charge < -0.3 is 14.8 Å². The van der Waals surface area contributed by atoms with E-state index in [2.05, 4.69) is 5.32 Å². The quantitative estimate of drug-likeness (QED) is 0.804. The van der Waals surface area contributed by atoms with Gasteiger partial charge in [0.15, 0.2) is 0 Å². The van der Waals surface area contributed by atoms with Crippen LogP contribution in [0.15, 0.2) is 16.5 Å². The zero-order valence-corrected chi connectivity index (χ0v) is 9.40. The molecule has 0 saturated heterocycles. The predicted molar refractivity (Wildman–Crippen MR) is 59.4 cm³/mol. The molecule has 0 spiro atoms. The van der Waals surface area contributed by atoms with Gasteiger partial charge in [-0.05, 0) is 44.4 Å². The number of carboxylic acid groups (broad SMARTS) is 1. The van der Waals surface area contributed by atoms with E-state index >= 15 is 0 Å². The molecule has 0 amide bonds. The maximum atomic E-state index is 10.6. The summed E-state index contributed by atoms with van der Waals surface area (Å²) in [6.45, 7) is 2.98. The normalized spacial score (nSPS) is 18.1. The molecule has 0 aliphatic heterocycles. The Morgan fingerprint density at radius 2 is 2.38 bits per heavy atom. The van der Waals surface area contributed by atoms with Crippen LogP contribution in [0.4, 0.5) is 0 Å². The van der Waals surface area contributed by atoms with Crippen molar-refractivity contribution < 1.29 is 14.3 Å². The Labute approximate surface area is 94.6 Å². The van der Waals surface area contributed by atoms with E-state index in [0.29, 0.717) is 5.76 Å². The Balaban J connectivity index is 1.86. The monoisotopic (exact) mass is 223 g/mol. The Morgan fingerprint density at radius 1 is 1.62 bits per heavy atom. The van der Waals surface area contributed by atoms with Gasteiger partial charge in [-0.1, -0.05) is 6.42 Å². The minimum atomic E-state index is -1.02. The van der Waals surface area contributed by atoms with E-state index in [0.717, 1.165) is 12.5 Å². The van der Waals surface area contributed by atoms with Gasteiger partial charge in [0.2, 0.25) is 5.76 Å². The van der Waals surface area contributed by atoms with Crippen molar-refractivity contribution in [3.63, 3.8) is 0 Å².